The molecule has 0 saturated carbocycles. The van der Waals surface area contributed by atoms with Gasteiger partial charge in [0.25, 0.3) is 0 Å². The van der Waals surface area contributed by atoms with E-state index in [1.165, 1.54) is 12.8 Å². The Hall–Kier alpha value is -3.23. The molecule has 0 amide bonds. The van der Waals surface area contributed by atoms with Crippen molar-refractivity contribution in [2.45, 2.75) is 32.2 Å². The van der Waals surface area contributed by atoms with Gasteiger partial charge < -0.3 is 15.0 Å². The first kappa shape index (κ1) is 18.1. The molecule has 0 spiro atoms. The zero-order chi connectivity index (χ0) is 19.2. The number of imidazole rings is 1. The maximum atomic E-state index is 5.28. The molecule has 0 aliphatic carbocycles. The Bertz CT molecular complexity index is 873. The average Bonchev–Trinajstić information content (AvgIpc) is 3.14. The third-order valence-corrected chi connectivity index (χ3v) is 4.70. The van der Waals surface area contributed by atoms with Gasteiger partial charge in [-0.05, 0) is 24.5 Å². The van der Waals surface area contributed by atoms with Crippen LogP contribution in [-0.4, -0.2) is 49.7 Å². The molecule has 0 bridgehead atoms. The lowest BCUT2D eigenvalue weighted by molar-refractivity contribution is 0.378. The molecule has 1 N–H and O–H groups in total. The normalized spacial score (nSPS) is 14.5. The van der Waals surface area contributed by atoms with Crippen molar-refractivity contribution in [3.8, 4) is 11.8 Å². The Morgan fingerprint density at radius 2 is 1.93 bits per heavy atom. The summed E-state index contributed by atoms with van der Waals surface area (Å²) in [5.41, 5.74) is 1.03. The Balaban J connectivity index is 1.45. The monoisotopic (exact) mass is 380 g/mol. The molecule has 0 aromatic carbocycles. The van der Waals surface area contributed by atoms with Gasteiger partial charge in [-0.2, -0.15) is 15.0 Å². The second kappa shape index (κ2) is 8.64. The summed E-state index contributed by atoms with van der Waals surface area (Å²) < 4.78 is 7.14. The van der Waals surface area contributed by atoms with Gasteiger partial charge in [-0.25, -0.2) is 9.97 Å². The average molecular weight is 380 g/mol. The first-order valence-corrected chi connectivity index (χ1v) is 9.54. The highest BCUT2D eigenvalue weighted by molar-refractivity contribution is 5.39. The van der Waals surface area contributed by atoms with Crippen LogP contribution < -0.4 is 15.0 Å². The Morgan fingerprint density at radius 3 is 2.61 bits per heavy atom. The van der Waals surface area contributed by atoms with Crippen molar-refractivity contribution in [1.29, 1.82) is 0 Å². The van der Waals surface area contributed by atoms with Gasteiger partial charge >= 0.3 is 6.01 Å². The van der Waals surface area contributed by atoms with Gasteiger partial charge in [0, 0.05) is 38.2 Å². The van der Waals surface area contributed by atoms with E-state index in [9.17, 15) is 0 Å². The number of anilines is 2. The number of ether oxygens (including phenoxy) is 1. The summed E-state index contributed by atoms with van der Waals surface area (Å²) in [7, 11) is 1.57. The number of aromatic nitrogens is 6. The van der Waals surface area contributed by atoms with Gasteiger partial charge in [-0.15, -0.1) is 0 Å². The van der Waals surface area contributed by atoms with Crippen LogP contribution in [0.1, 0.15) is 31.2 Å². The minimum absolute atomic E-state index is 0.324. The molecule has 9 heteroatoms. The zero-order valence-corrected chi connectivity index (χ0v) is 16.0. The van der Waals surface area contributed by atoms with Crippen LogP contribution in [0.3, 0.4) is 0 Å². The molecule has 3 aromatic rings. The molecule has 4 heterocycles. The fraction of sp³-hybridized carbons (Fsp3) is 0.421. The Labute approximate surface area is 163 Å². The summed E-state index contributed by atoms with van der Waals surface area (Å²) in [4.78, 5) is 24.1. The van der Waals surface area contributed by atoms with Crippen LogP contribution in [-0.2, 0) is 6.54 Å². The van der Waals surface area contributed by atoms with Gasteiger partial charge in [0.1, 0.15) is 12.1 Å². The number of hydrogen-bond acceptors (Lipinski definition) is 8. The molecule has 146 valence electrons. The van der Waals surface area contributed by atoms with E-state index in [0.29, 0.717) is 24.5 Å². The van der Waals surface area contributed by atoms with Crippen LogP contribution >= 0.6 is 0 Å². The first-order chi connectivity index (χ1) is 13.8. The molecule has 4 rings (SSSR count). The molecule has 1 fully saturated rings. The molecule has 3 aromatic heterocycles. The molecular formula is C19H24N8O. The van der Waals surface area contributed by atoms with Crippen LogP contribution in [0.15, 0.2) is 37.1 Å². The van der Waals surface area contributed by atoms with Gasteiger partial charge in [-0.1, -0.05) is 18.9 Å². The van der Waals surface area contributed by atoms with Crippen molar-refractivity contribution in [3.05, 3.63) is 42.6 Å². The van der Waals surface area contributed by atoms with E-state index in [1.807, 2.05) is 29.1 Å². The Morgan fingerprint density at radius 1 is 1.07 bits per heavy atom. The van der Waals surface area contributed by atoms with Crippen molar-refractivity contribution >= 4 is 11.9 Å². The SMILES string of the molecule is COc1nc(NCc2ccc(-n3ccnc3)nc2)nc(N2CCCCCC2)n1. The largest absolute Gasteiger partial charge is 0.467 e. The zero-order valence-electron chi connectivity index (χ0n) is 16.0. The summed E-state index contributed by atoms with van der Waals surface area (Å²) >= 11 is 0. The molecule has 0 radical (unpaired) electrons. The van der Waals surface area contributed by atoms with E-state index in [1.54, 1.807) is 19.6 Å². The second-order valence-electron chi connectivity index (χ2n) is 6.70. The number of rotatable bonds is 6. The summed E-state index contributed by atoms with van der Waals surface area (Å²) in [6.45, 7) is 2.49. The van der Waals surface area contributed by atoms with Crippen molar-refractivity contribution in [1.82, 2.24) is 29.5 Å². The van der Waals surface area contributed by atoms with E-state index in [0.717, 1.165) is 37.3 Å². The second-order valence-corrected chi connectivity index (χ2v) is 6.70. The summed E-state index contributed by atoms with van der Waals surface area (Å²) in [5, 5.41) is 3.26. The lowest BCUT2D eigenvalue weighted by Gasteiger charge is -2.20. The molecule has 0 atom stereocenters. The van der Waals surface area contributed by atoms with Gasteiger partial charge in [0.05, 0.1) is 7.11 Å². The van der Waals surface area contributed by atoms with Gasteiger partial charge in [0.2, 0.25) is 11.9 Å². The highest BCUT2D eigenvalue weighted by atomic mass is 16.5. The fourth-order valence-corrected chi connectivity index (χ4v) is 3.18. The maximum Gasteiger partial charge on any atom is 0.322 e. The minimum Gasteiger partial charge on any atom is -0.467 e. The molecular weight excluding hydrogens is 356 g/mol. The highest BCUT2D eigenvalue weighted by Crippen LogP contribution is 2.19. The smallest absolute Gasteiger partial charge is 0.322 e. The highest BCUT2D eigenvalue weighted by Gasteiger charge is 2.15. The predicted molar refractivity (Wildman–Crippen MR) is 106 cm³/mol. The minimum atomic E-state index is 0.324. The Kier molecular flexibility index (Phi) is 5.60. The van der Waals surface area contributed by atoms with Crippen LogP contribution in [0, 0.1) is 0 Å². The number of hydrogen-bond donors (Lipinski definition) is 1. The van der Waals surface area contributed by atoms with Crippen LogP contribution in [0.5, 0.6) is 6.01 Å². The van der Waals surface area contributed by atoms with Crippen molar-refractivity contribution in [2.24, 2.45) is 0 Å². The topological polar surface area (TPSA) is 93.9 Å². The predicted octanol–water partition coefficient (Wildman–Crippen LogP) is 2.45. The third kappa shape index (κ3) is 4.36. The van der Waals surface area contributed by atoms with Crippen molar-refractivity contribution < 1.29 is 4.74 Å². The molecule has 9 nitrogen and oxygen atoms in total. The standard InChI is InChI=1S/C19H24N8O/c1-28-19-24-17(23-18(25-19)26-9-4-2-3-5-10-26)22-13-15-6-7-16(21-12-15)27-11-8-20-14-27/h6-8,11-12,14H,2-5,9-10,13H2,1H3,(H,22,23,24,25). The van der Waals surface area contributed by atoms with E-state index >= 15 is 0 Å². The lowest BCUT2D eigenvalue weighted by atomic mass is 10.2. The van der Waals surface area contributed by atoms with E-state index < -0.39 is 0 Å². The molecule has 0 unspecified atom stereocenters. The number of nitrogens with zero attached hydrogens (tertiary/aromatic N) is 7. The van der Waals surface area contributed by atoms with E-state index in [4.69, 9.17) is 4.74 Å². The van der Waals surface area contributed by atoms with Crippen LogP contribution in [0.4, 0.5) is 11.9 Å². The molecule has 1 saturated heterocycles. The van der Waals surface area contributed by atoms with E-state index in [2.05, 4.69) is 35.1 Å². The summed E-state index contributed by atoms with van der Waals surface area (Å²) in [6, 6.07) is 4.30. The molecule has 28 heavy (non-hydrogen) atoms. The van der Waals surface area contributed by atoms with Gasteiger partial charge in [-0.3, -0.25) is 4.57 Å². The van der Waals surface area contributed by atoms with Crippen molar-refractivity contribution in [2.75, 3.05) is 30.4 Å². The summed E-state index contributed by atoms with van der Waals surface area (Å²) in [6.07, 6.45) is 12.0. The summed E-state index contributed by atoms with van der Waals surface area (Å²) in [5.74, 6) is 2.00. The first-order valence-electron chi connectivity index (χ1n) is 9.54. The quantitative estimate of drug-likeness (QED) is 0.697. The maximum absolute atomic E-state index is 5.28. The molecule has 1 aliphatic heterocycles. The van der Waals surface area contributed by atoms with Crippen LogP contribution in [0.25, 0.3) is 5.82 Å². The number of methoxy groups -OCH3 is 1. The van der Waals surface area contributed by atoms with E-state index in [-0.39, 0.29) is 0 Å². The number of nitrogens with one attached hydrogen (secondary N) is 1. The lowest BCUT2D eigenvalue weighted by Crippen LogP contribution is -2.26. The third-order valence-electron chi connectivity index (χ3n) is 4.70. The van der Waals surface area contributed by atoms with Crippen molar-refractivity contribution in [3.63, 3.8) is 0 Å². The fourth-order valence-electron chi connectivity index (χ4n) is 3.18. The molecule has 1 aliphatic rings. The number of pyridine rings is 1. The van der Waals surface area contributed by atoms with Gasteiger partial charge in [0.15, 0.2) is 0 Å². The van der Waals surface area contributed by atoms with Crippen LogP contribution in [0.2, 0.25) is 0 Å².